The molecule has 1 aromatic rings. The summed E-state index contributed by atoms with van der Waals surface area (Å²) in [6, 6.07) is 3.93. The van der Waals surface area contributed by atoms with E-state index in [-0.39, 0.29) is 41.2 Å². The van der Waals surface area contributed by atoms with Crippen molar-refractivity contribution in [2.75, 3.05) is 38.9 Å². The third-order valence-corrected chi connectivity index (χ3v) is 8.67. The Morgan fingerprint density at radius 1 is 1.22 bits per heavy atom. The molecule has 2 heterocycles. The van der Waals surface area contributed by atoms with E-state index in [1.54, 1.807) is 6.07 Å². The van der Waals surface area contributed by atoms with Crippen LogP contribution in [0, 0.1) is 0 Å². The van der Waals surface area contributed by atoms with E-state index in [1.807, 2.05) is 0 Å². The normalized spacial score (nSPS) is 25.0. The molecule has 0 bridgehead atoms. The van der Waals surface area contributed by atoms with Gasteiger partial charge < -0.3 is 14.2 Å². The second-order valence-corrected chi connectivity index (χ2v) is 10.9. The molecular weight excluding hydrogens is 394 g/mol. The Morgan fingerprint density at radius 3 is 2.56 bits per heavy atom. The van der Waals surface area contributed by atoms with Crippen molar-refractivity contribution in [3.05, 3.63) is 18.2 Å². The van der Waals surface area contributed by atoms with E-state index in [9.17, 15) is 16.8 Å². The lowest BCUT2D eigenvalue weighted by molar-refractivity contribution is 0.0876. The van der Waals surface area contributed by atoms with Crippen molar-refractivity contribution >= 4 is 19.9 Å². The van der Waals surface area contributed by atoms with Crippen LogP contribution in [0.5, 0.6) is 11.5 Å². The zero-order valence-electron chi connectivity index (χ0n) is 15.5. The van der Waals surface area contributed by atoms with Crippen molar-refractivity contribution in [3.8, 4) is 11.5 Å². The number of methoxy groups -OCH3 is 2. The van der Waals surface area contributed by atoms with Crippen LogP contribution < -0.4 is 9.47 Å². The molecule has 0 aliphatic carbocycles. The predicted molar refractivity (Wildman–Crippen MR) is 99.5 cm³/mol. The summed E-state index contributed by atoms with van der Waals surface area (Å²) >= 11 is 0. The molecule has 0 aromatic heterocycles. The van der Waals surface area contributed by atoms with Crippen molar-refractivity contribution in [2.45, 2.75) is 36.3 Å². The third-order valence-electron chi connectivity index (χ3n) is 4.98. The largest absolute Gasteiger partial charge is 0.497 e. The molecule has 2 aliphatic rings. The lowest BCUT2D eigenvalue weighted by atomic mass is 10.2. The first kappa shape index (κ1) is 20.4. The lowest BCUT2D eigenvalue weighted by Gasteiger charge is -2.30. The van der Waals surface area contributed by atoms with Gasteiger partial charge in [-0.2, -0.15) is 4.31 Å². The minimum absolute atomic E-state index is 0.00947. The van der Waals surface area contributed by atoms with Crippen molar-refractivity contribution < 1.29 is 31.0 Å². The van der Waals surface area contributed by atoms with Gasteiger partial charge in [0.1, 0.15) is 16.4 Å². The first-order chi connectivity index (χ1) is 12.8. The zero-order valence-corrected chi connectivity index (χ0v) is 17.1. The van der Waals surface area contributed by atoms with Crippen LogP contribution in [0.15, 0.2) is 23.1 Å². The topological polar surface area (TPSA) is 99.2 Å². The van der Waals surface area contributed by atoms with Crippen LogP contribution in [0.4, 0.5) is 0 Å². The fraction of sp³-hybridized carbons (Fsp3) is 0.647. The van der Waals surface area contributed by atoms with Crippen LogP contribution in [-0.4, -0.2) is 72.2 Å². The number of benzene rings is 1. The Bertz CT molecular complexity index is 877. The maximum atomic E-state index is 13.5. The quantitative estimate of drug-likeness (QED) is 0.652. The van der Waals surface area contributed by atoms with Gasteiger partial charge in [-0.05, 0) is 31.4 Å². The average Bonchev–Trinajstić information content (AvgIpc) is 3.27. The SMILES string of the molecule is COc1ccc(OC)c(S(=O)(=O)N(C[C@H]2CCCO2)[C@H]2CCS(=O)(=O)C2)c1. The van der Waals surface area contributed by atoms with E-state index in [1.165, 1.54) is 30.7 Å². The molecule has 1 aromatic carbocycles. The second kappa shape index (κ2) is 7.94. The Balaban J connectivity index is 2.01. The highest BCUT2D eigenvalue weighted by Crippen LogP contribution is 2.34. The molecule has 0 spiro atoms. The van der Waals surface area contributed by atoms with Gasteiger partial charge >= 0.3 is 0 Å². The van der Waals surface area contributed by atoms with Crippen molar-refractivity contribution in [1.29, 1.82) is 0 Å². The molecule has 0 N–H and O–H groups in total. The molecule has 2 fully saturated rings. The summed E-state index contributed by atoms with van der Waals surface area (Å²) in [6.07, 6.45) is 1.66. The molecule has 27 heavy (non-hydrogen) atoms. The van der Waals surface area contributed by atoms with E-state index >= 15 is 0 Å². The Morgan fingerprint density at radius 2 is 2.00 bits per heavy atom. The van der Waals surface area contributed by atoms with E-state index in [2.05, 4.69) is 0 Å². The molecule has 2 atom stereocenters. The molecule has 0 radical (unpaired) electrons. The number of rotatable bonds is 7. The maximum Gasteiger partial charge on any atom is 0.247 e. The fourth-order valence-electron chi connectivity index (χ4n) is 3.55. The van der Waals surface area contributed by atoms with Gasteiger partial charge in [0.15, 0.2) is 9.84 Å². The van der Waals surface area contributed by atoms with Crippen LogP contribution in [0.25, 0.3) is 0 Å². The first-order valence-electron chi connectivity index (χ1n) is 8.83. The maximum absolute atomic E-state index is 13.5. The number of hydrogen-bond acceptors (Lipinski definition) is 7. The predicted octanol–water partition coefficient (Wildman–Crippen LogP) is 1.06. The summed E-state index contributed by atoms with van der Waals surface area (Å²) in [6.45, 7) is 0.715. The Hall–Kier alpha value is -1.36. The van der Waals surface area contributed by atoms with Gasteiger partial charge in [-0.25, -0.2) is 16.8 Å². The first-order valence-corrected chi connectivity index (χ1v) is 12.1. The molecule has 0 saturated carbocycles. The summed E-state index contributed by atoms with van der Waals surface area (Å²) in [4.78, 5) is -0.0355. The van der Waals surface area contributed by atoms with Gasteiger partial charge in [0, 0.05) is 25.3 Å². The van der Waals surface area contributed by atoms with Crippen LogP contribution in [0.2, 0.25) is 0 Å². The fourth-order valence-corrected chi connectivity index (χ4v) is 7.23. The highest BCUT2D eigenvalue weighted by molar-refractivity contribution is 7.92. The van der Waals surface area contributed by atoms with Crippen LogP contribution in [-0.2, 0) is 24.6 Å². The lowest BCUT2D eigenvalue weighted by Crippen LogP contribution is -2.45. The minimum Gasteiger partial charge on any atom is -0.497 e. The number of ether oxygens (including phenoxy) is 3. The van der Waals surface area contributed by atoms with Gasteiger partial charge in [-0.3, -0.25) is 0 Å². The summed E-state index contributed by atoms with van der Waals surface area (Å²) in [5.74, 6) is 0.384. The number of sulfonamides is 1. The highest BCUT2D eigenvalue weighted by Gasteiger charge is 2.41. The standard InChI is InChI=1S/C17H25NO7S2/c1-23-14-5-6-16(24-2)17(10-14)27(21,22)18(11-15-4-3-8-25-15)13-7-9-26(19,20)12-13/h5-6,10,13,15H,3-4,7-9,11-12H2,1-2H3/t13-,15+/m0/s1. The van der Waals surface area contributed by atoms with Gasteiger partial charge in [-0.15, -0.1) is 0 Å². The summed E-state index contributed by atoms with van der Waals surface area (Å²) in [7, 11) is -4.42. The second-order valence-electron chi connectivity index (χ2n) is 6.78. The smallest absolute Gasteiger partial charge is 0.247 e. The number of sulfone groups is 1. The average molecular weight is 420 g/mol. The monoisotopic (exact) mass is 419 g/mol. The zero-order chi connectivity index (χ0) is 19.7. The van der Waals surface area contributed by atoms with Crippen molar-refractivity contribution in [1.82, 2.24) is 4.31 Å². The van der Waals surface area contributed by atoms with Crippen LogP contribution >= 0.6 is 0 Å². The van der Waals surface area contributed by atoms with Gasteiger partial charge in [-0.1, -0.05) is 0 Å². The van der Waals surface area contributed by atoms with E-state index in [4.69, 9.17) is 14.2 Å². The highest BCUT2D eigenvalue weighted by atomic mass is 32.2. The molecule has 152 valence electrons. The van der Waals surface area contributed by atoms with Crippen LogP contribution in [0.3, 0.4) is 0 Å². The number of nitrogens with zero attached hydrogens (tertiary/aromatic N) is 1. The minimum atomic E-state index is -4.01. The molecule has 2 saturated heterocycles. The Kier molecular flexibility index (Phi) is 5.99. The van der Waals surface area contributed by atoms with E-state index in [0.29, 0.717) is 12.4 Å². The molecule has 2 aliphatic heterocycles. The van der Waals surface area contributed by atoms with Crippen LogP contribution in [0.1, 0.15) is 19.3 Å². The molecule has 0 unspecified atom stereocenters. The molecule has 8 nitrogen and oxygen atoms in total. The van der Waals surface area contributed by atoms with E-state index in [0.717, 1.165) is 12.8 Å². The van der Waals surface area contributed by atoms with Crippen molar-refractivity contribution in [3.63, 3.8) is 0 Å². The van der Waals surface area contributed by atoms with Gasteiger partial charge in [0.05, 0.1) is 31.8 Å². The summed E-state index contributed by atoms with van der Waals surface area (Å²) in [5, 5.41) is 0. The summed E-state index contributed by atoms with van der Waals surface area (Å²) < 4.78 is 68.3. The molecule has 10 heteroatoms. The Labute approximate surface area is 160 Å². The molecule has 3 rings (SSSR count). The van der Waals surface area contributed by atoms with Gasteiger partial charge in [0.2, 0.25) is 10.0 Å². The van der Waals surface area contributed by atoms with Gasteiger partial charge in [0.25, 0.3) is 0 Å². The summed E-state index contributed by atoms with van der Waals surface area (Å²) in [5.41, 5.74) is 0. The molecule has 0 amide bonds. The third kappa shape index (κ3) is 4.39. The van der Waals surface area contributed by atoms with Crippen molar-refractivity contribution in [2.24, 2.45) is 0 Å². The van der Waals surface area contributed by atoms with E-state index < -0.39 is 25.9 Å². The number of hydrogen-bond donors (Lipinski definition) is 0. The molecular formula is C17H25NO7S2.